The van der Waals surface area contributed by atoms with Gasteiger partial charge >= 0.3 is 5.92 Å². The summed E-state index contributed by atoms with van der Waals surface area (Å²) >= 11 is 0. The summed E-state index contributed by atoms with van der Waals surface area (Å²) in [5.74, 6) is -4.70. The van der Waals surface area contributed by atoms with Crippen LogP contribution in [0.3, 0.4) is 0 Å². The lowest BCUT2D eigenvalue weighted by molar-refractivity contribution is -0.157. The third kappa shape index (κ3) is 3.98. The second-order valence-electron chi connectivity index (χ2n) is 6.85. The molecule has 0 aliphatic carbocycles. The van der Waals surface area contributed by atoms with E-state index in [1.807, 2.05) is 33.9 Å². The van der Waals surface area contributed by atoms with Gasteiger partial charge in [0.2, 0.25) is 5.78 Å². The summed E-state index contributed by atoms with van der Waals surface area (Å²) in [5, 5.41) is -0.215. The molecule has 0 saturated heterocycles. The van der Waals surface area contributed by atoms with E-state index in [0.29, 0.717) is 5.56 Å². The van der Waals surface area contributed by atoms with E-state index >= 15 is 0 Å². The summed E-state index contributed by atoms with van der Waals surface area (Å²) in [6, 6.07) is 8.25. The topological polar surface area (TPSA) is 26.3 Å². The standard InChI is InChI=1S/C16H24F2O2Si/c1-12(19)16(17,18)14(13-10-8-7-9-11-13)20-21(5,6)15(2,3)4/h7-11,14H,1-6H3/t14-/m0/s1. The molecule has 21 heavy (non-hydrogen) atoms. The van der Waals surface area contributed by atoms with E-state index in [1.165, 1.54) is 0 Å². The molecule has 1 atom stereocenters. The maximum Gasteiger partial charge on any atom is 0.333 e. The van der Waals surface area contributed by atoms with Crippen LogP contribution in [0.4, 0.5) is 8.78 Å². The molecule has 0 unspecified atom stereocenters. The molecule has 0 N–H and O–H groups in total. The van der Waals surface area contributed by atoms with Crippen molar-refractivity contribution in [3.8, 4) is 0 Å². The van der Waals surface area contributed by atoms with Gasteiger partial charge in [-0.15, -0.1) is 0 Å². The minimum absolute atomic E-state index is 0.215. The molecular formula is C16H24F2O2Si. The number of ketones is 1. The van der Waals surface area contributed by atoms with E-state index in [-0.39, 0.29) is 5.04 Å². The van der Waals surface area contributed by atoms with Gasteiger partial charge in [0, 0.05) is 6.92 Å². The number of halogens is 2. The van der Waals surface area contributed by atoms with Crippen LogP contribution in [0.2, 0.25) is 18.1 Å². The molecule has 1 rings (SSSR count). The van der Waals surface area contributed by atoms with Gasteiger partial charge in [0.25, 0.3) is 0 Å². The second kappa shape index (κ2) is 5.97. The van der Waals surface area contributed by atoms with Gasteiger partial charge < -0.3 is 4.43 Å². The zero-order valence-corrected chi connectivity index (χ0v) is 14.5. The van der Waals surface area contributed by atoms with Crippen molar-refractivity contribution in [1.82, 2.24) is 0 Å². The number of hydrogen-bond donors (Lipinski definition) is 0. The molecule has 0 heterocycles. The highest BCUT2D eigenvalue weighted by atomic mass is 28.4. The van der Waals surface area contributed by atoms with Crippen molar-refractivity contribution in [3.05, 3.63) is 35.9 Å². The lowest BCUT2D eigenvalue weighted by Crippen LogP contribution is -2.47. The van der Waals surface area contributed by atoms with Crippen LogP contribution in [0.15, 0.2) is 30.3 Å². The van der Waals surface area contributed by atoms with Gasteiger partial charge in [-0.05, 0) is 23.7 Å². The second-order valence-corrected chi connectivity index (χ2v) is 11.6. The highest BCUT2D eigenvalue weighted by Gasteiger charge is 2.50. The summed E-state index contributed by atoms with van der Waals surface area (Å²) in [6.07, 6.45) is -1.53. The number of rotatable bonds is 5. The molecule has 0 aliphatic heterocycles. The molecule has 0 bridgehead atoms. The zero-order chi connectivity index (χ0) is 16.5. The summed E-state index contributed by atoms with van der Waals surface area (Å²) in [6.45, 7) is 10.6. The molecule has 0 amide bonds. The molecule has 2 nitrogen and oxygen atoms in total. The summed E-state index contributed by atoms with van der Waals surface area (Å²) in [4.78, 5) is 11.4. The Hall–Kier alpha value is -1.07. The van der Waals surface area contributed by atoms with Crippen molar-refractivity contribution in [2.45, 2.75) is 57.9 Å². The van der Waals surface area contributed by atoms with Gasteiger partial charge in [-0.2, -0.15) is 8.78 Å². The Bertz CT molecular complexity index is 493. The summed E-state index contributed by atoms with van der Waals surface area (Å²) in [5.41, 5.74) is 0.336. The molecule has 0 aromatic heterocycles. The lowest BCUT2D eigenvalue weighted by Gasteiger charge is -2.40. The quantitative estimate of drug-likeness (QED) is 0.717. The highest BCUT2D eigenvalue weighted by Crippen LogP contribution is 2.44. The molecule has 0 spiro atoms. The van der Waals surface area contributed by atoms with E-state index in [1.54, 1.807) is 30.3 Å². The van der Waals surface area contributed by atoms with Gasteiger partial charge in [0.05, 0.1) is 0 Å². The number of alkyl halides is 2. The maximum atomic E-state index is 14.4. The van der Waals surface area contributed by atoms with Gasteiger partial charge in [-0.3, -0.25) is 4.79 Å². The monoisotopic (exact) mass is 314 g/mol. The fourth-order valence-electron chi connectivity index (χ4n) is 1.64. The Morgan fingerprint density at radius 1 is 1.14 bits per heavy atom. The molecule has 118 valence electrons. The fourth-order valence-corrected chi connectivity index (χ4v) is 2.86. The number of Topliss-reactive ketones (excluding diaryl/α,β-unsaturated/α-hetero) is 1. The molecule has 1 aromatic rings. The number of carbonyl (C=O) groups is 1. The third-order valence-corrected chi connectivity index (χ3v) is 8.56. The predicted octanol–water partition coefficient (Wildman–Crippen LogP) is 4.97. The first-order valence-electron chi connectivity index (χ1n) is 7.01. The van der Waals surface area contributed by atoms with Crippen molar-refractivity contribution in [1.29, 1.82) is 0 Å². The third-order valence-electron chi connectivity index (χ3n) is 4.12. The fraction of sp³-hybridized carbons (Fsp3) is 0.562. The largest absolute Gasteiger partial charge is 0.404 e. The van der Waals surface area contributed by atoms with Crippen LogP contribution in [0.25, 0.3) is 0 Å². The Balaban J connectivity index is 3.26. The molecule has 0 aliphatic rings. The zero-order valence-electron chi connectivity index (χ0n) is 13.5. The molecular weight excluding hydrogens is 290 g/mol. The lowest BCUT2D eigenvalue weighted by atomic mass is 10.0. The van der Waals surface area contributed by atoms with Crippen molar-refractivity contribution >= 4 is 14.1 Å². The van der Waals surface area contributed by atoms with Crippen molar-refractivity contribution in [2.24, 2.45) is 0 Å². The number of benzene rings is 1. The van der Waals surface area contributed by atoms with Gasteiger partial charge in [-0.25, -0.2) is 0 Å². The molecule has 1 aromatic carbocycles. The van der Waals surface area contributed by atoms with Crippen molar-refractivity contribution < 1.29 is 18.0 Å². The van der Waals surface area contributed by atoms with Crippen LogP contribution in [0.1, 0.15) is 39.4 Å². The van der Waals surface area contributed by atoms with Crippen LogP contribution >= 0.6 is 0 Å². The van der Waals surface area contributed by atoms with Crippen molar-refractivity contribution in [2.75, 3.05) is 0 Å². The summed E-state index contributed by atoms with van der Waals surface area (Å²) in [7, 11) is -2.44. The number of hydrogen-bond acceptors (Lipinski definition) is 2. The molecule has 5 heteroatoms. The first kappa shape index (κ1) is 18.0. The van der Waals surface area contributed by atoms with Crippen molar-refractivity contribution in [3.63, 3.8) is 0 Å². The van der Waals surface area contributed by atoms with Crippen LogP contribution in [-0.2, 0) is 9.22 Å². The van der Waals surface area contributed by atoms with E-state index in [2.05, 4.69) is 0 Å². The SMILES string of the molecule is CC(=O)C(F)(F)[C@@H](O[Si](C)(C)C(C)(C)C)c1ccccc1. The minimum atomic E-state index is -3.53. The van der Waals surface area contributed by atoms with E-state index in [0.717, 1.165) is 6.92 Å². The van der Waals surface area contributed by atoms with E-state index in [4.69, 9.17) is 4.43 Å². The number of carbonyl (C=O) groups excluding carboxylic acids is 1. The van der Waals surface area contributed by atoms with Gasteiger partial charge in [0.15, 0.2) is 8.32 Å². The highest BCUT2D eigenvalue weighted by molar-refractivity contribution is 6.74. The Labute approximate surface area is 126 Å². The van der Waals surface area contributed by atoms with Gasteiger partial charge in [-0.1, -0.05) is 51.1 Å². The van der Waals surface area contributed by atoms with Gasteiger partial charge in [0.1, 0.15) is 6.10 Å². The molecule has 0 fully saturated rings. The molecule has 0 saturated carbocycles. The first-order valence-corrected chi connectivity index (χ1v) is 9.92. The van der Waals surface area contributed by atoms with Crippen LogP contribution in [-0.4, -0.2) is 20.0 Å². The minimum Gasteiger partial charge on any atom is -0.404 e. The molecule has 0 radical (unpaired) electrons. The first-order chi connectivity index (χ1) is 9.39. The van der Waals surface area contributed by atoms with Crippen LogP contribution in [0, 0.1) is 0 Å². The van der Waals surface area contributed by atoms with E-state index < -0.39 is 26.1 Å². The maximum absolute atomic E-state index is 14.4. The normalized spacial score (nSPS) is 14.9. The smallest absolute Gasteiger partial charge is 0.333 e. The predicted molar refractivity (Wildman–Crippen MR) is 83.1 cm³/mol. The van der Waals surface area contributed by atoms with Crippen LogP contribution < -0.4 is 0 Å². The Morgan fingerprint density at radius 2 is 1.62 bits per heavy atom. The average Bonchev–Trinajstić information content (AvgIpc) is 2.35. The average molecular weight is 314 g/mol. The van der Waals surface area contributed by atoms with Crippen LogP contribution in [0.5, 0.6) is 0 Å². The Kier molecular flexibility index (Phi) is 5.11. The summed E-state index contributed by atoms with van der Waals surface area (Å²) < 4.78 is 34.6. The Morgan fingerprint density at radius 3 is 2.00 bits per heavy atom. The van der Waals surface area contributed by atoms with E-state index in [9.17, 15) is 13.6 Å².